The lowest BCUT2D eigenvalue weighted by Gasteiger charge is -2.26. The number of methoxy groups -OCH3 is 2. The van der Waals surface area contributed by atoms with E-state index < -0.39 is 0 Å². The van der Waals surface area contributed by atoms with Gasteiger partial charge in [-0.1, -0.05) is 70.0 Å². The van der Waals surface area contributed by atoms with Crippen LogP contribution >= 0.6 is 0 Å². The van der Waals surface area contributed by atoms with Gasteiger partial charge < -0.3 is 59.5 Å². The van der Waals surface area contributed by atoms with Crippen LogP contribution in [0.4, 0.5) is 46.0 Å². The summed E-state index contributed by atoms with van der Waals surface area (Å²) in [5.74, 6) is 1.73. The van der Waals surface area contributed by atoms with Crippen molar-refractivity contribution in [1.29, 1.82) is 0 Å². The first-order valence-corrected chi connectivity index (χ1v) is 28.6. The molecule has 0 fully saturated rings. The van der Waals surface area contributed by atoms with E-state index in [0.29, 0.717) is 46.1 Å². The first kappa shape index (κ1) is 59.6. The Morgan fingerprint density at radius 3 is 1.52 bits per heavy atom. The number of carbonyl (C=O) groups is 2. The van der Waals surface area contributed by atoms with Gasteiger partial charge in [-0.2, -0.15) is 0 Å². The maximum absolute atomic E-state index is 12.4. The number of para-hydroxylation sites is 2. The minimum atomic E-state index is -0.300. The molecule has 4 N–H and O–H groups in total. The standard InChI is InChI=1S/C33H41N7O2.C33H39N7O2/c2*1-8-30(41)35-26-17-27(29(42-7)18-28(26)39(6)16-15-38(4)5)36-33-34-19-24(21(2)3)31(37-33)25-20-40-14-10-12-22-11-9-13-23(25)32(22)40/h8-9,11,13,17-21H,1,10,12,14-16H2,2-7H3,(H,35,41)(H,34,36,37);8-9,11,13,17-20H,1-2,10,12,14-16H2,3-7H3,(H,35,41)(H,34,36,37). The van der Waals surface area contributed by atoms with E-state index in [-0.39, 0.29) is 17.7 Å². The molecule has 2 amide bonds. The number of nitrogens with one attached hydrogen (secondary N) is 4. The minimum absolute atomic E-state index is 0.244. The summed E-state index contributed by atoms with van der Waals surface area (Å²) in [7, 11) is 15.4. The molecule has 0 radical (unpaired) electrons. The number of ether oxygens (including phenoxy) is 2. The zero-order chi connectivity index (χ0) is 59.9. The summed E-state index contributed by atoms with van der Waals surface area (Å²) in [6.45, 7) is 23.0. The summed E-state index contributed by atoms with van der Waals surface area (Å²) < 4.78 is 16.3. The molecule has 0 saturated heterocycles. The van der Waals surface area contributed by atoms with Crippen molar-refractivity contribution in [2.75, 3.05) is 114 Å². The average Bonchev–Trinajstić information content (AvgIpc) is 1.98. The Kier molecular flexibility index (Phi) is 18.5. The van der Waals surface area contributed by atoms with Crippen molar-refractivity contribution < 1.29 is 19.1 Å². The van der Waals surface area contributed by atoms with Gasteiger partial charge in [-0.3, -0.25) is 9.59 Å². The van der Waals surface area contributed by atoms with Crippen molar-refractivity contribution in [2.24, 2.45) is 0 Å². The number of allylic oxidation sites excluding steroid dienone is 1. The van der Waals surface area contributed by atoms with Gasteiger partial charge in [0, 0.05) is 118 Å². The number of hydrogen-bond acceptors (Lipinski definition) is 14. The quantitative estimate of drug-likeness (QED) is 0.0472. The molecule has 0 unspecified atom stereocenters. The highest BCUT2D eigenvalue weighted by molar-refractivity contribution is 6.04. The lowest BCUT2D eigenvalue weighted by atomic mass is 9.97. The van der Waals surface area contributed by atoms with Gasteiger partial charge >= 0.3 is 0 Å². The van der Waals surface area contributed by atoms with Crippen molar-refractivity contribution in [3.63, 3.8) is 0 Å². The second kappa shape index (κ2) is 26.1. The number of benzene rings is 4. The maximum Gasteiger partial charge on any atom is 0.247 e. The summed E-state index contributed by atoms with van der Waals surface area (Å²) in [4.78, 5) is 52.6. The van der Waals surface area contributed by atoms with Gasteiger partial charge in [0.25, 0.3) is 0 Å². The van der Waals surface area contributed by atoms with Crippen LogP contribution in [-0.4, -0.2) is 133 Å². The van der Waals surface area contributed by atoms with Gasteiger partial charge in [-0.15, -0.1) is 0 Å². The number of nitrogens with zero attached hydrogens (tertiary/aromatic N) is 10. The number of likely N-dealkylation sites (N-methyl/N-ethyl adjacent to an activating group) is 4. The number of aromatic nitrogens is 6. The second-order valence-electron chi connectivity index (χ2n) is 22.4. The van der Waals surface area contributed by atoms with Gasteiger partial charge in [0.2, 0.25) is 23.7 Å². The molecule has 84 heavy (non-hydrogen) atoms. The molecule has 8 aromatic rings. The van der Waals surface area contributed by atoms with Gasteiger partial charge in [-0.25, -0.2) is 19.9 Å². The van der Waals surface area contributed by atoms with Crippen LogP contribution in [0.3, 0.4) is 0 Å². The van der Waals surface area contributed by atoms with Crippen molar-refractivity contribution in [1.82, 2.24) is 38.9 Å². The molecule has 0 spiro atoms. The topological polar surface area (TPSA) is 175 Å². The molecule has 4 aromatic heterocycles. The highest BCUT2D eigenvalue weighted by atomic mass is 16.5. The number of aryl methyl sites for hydroxylation is 4. The zero-order valence-corrected chi connectivity index (χ0v) is 50.6. The summed E-state index contributed by atoms with van der Waals surface area (Å²) in [5, 5.41) is 15.0. The predicted molar refractivity (Wildman–Crippen MR) is 345 cm³/mol. The molecule has 10 rings (SSSR count). The van der Waals surface area contributed by atoms with Gasteiger partial charge in [0.15, 0.2) is 0 Å². The Bertz CT molecular complexity index is 3780. The SMILES string of the molecule is C=CC(=O)Nc1cc(Nc2ncc(C(=C)C)c(-c3cn4c5c(cccc35)CCC4)n2)c(OC)cc1N(C)CCN(C)C.C=CC(=O)Nc1cc(Nc2ncc(C(C)C)c(-c3cn4c5c(cccc35)CCC4)n2)c(OC)cc1N(C)CCN(C)C. The van der Waals surface area contributed by atoms with E-state index in [1.165, 1.54) is 45.1 Å². The summed E-state index contributed by atoms with van der Waals surface area (Å²) in [6, 6.07) is 20.6. The average molecular weight is 1130 g/mol. The Morgan fingerprint density at radius 2 is 1.10 bits per heavy atom. The lowest BCUT2D eigenvalue weighted by molar-refractivity contribution is -0.112. The van der Waals surface area contributed by atoms with Crippen LogP contribution in [0.15, 0.2) is 117 Å². The molecule has 0 atom stereocenters. The third kappa shape index (κ3) is 12.9. The third-order valence-corrected chi connectivity index (χ3v) is 15.5. The first-order valence-electron chi connectivity index (χ1n) is 28.6. The van der Waals surface area contributed by atoms with Gasteiger partial charge in [0.05, 0.1) is 70.8 Å². The molecular weight excluding hydrogens is 1050 g/mol. The molecule has 2 aliphatic rings. The Balaban J connectivity index is 0.000000202. The second-order valence-corrected chi connectivity index (χ2v) is 22.4. The number of carbonyl (C=O) groups excluding carboxylic acids is 2. The highest BCUT2D eigenvalue weighted by Crippen LogP contribution is 2.43. The Hall–Kier alpha value is -9.00. The van der Waals surface area contributed by atoms with E-state index >= 15 is 0 Å². The molecule has 2 aliphatic heterocycles. The molecule has 0 saturated carbocycles. The zero-order valence-electron chi connectivity index (χ0n) is 50.6. The van der Waals surface area contributed by atoms with Crippen LogP contribution in [0.1, 0.15) is 61.8 Å². The van der Waals surface area contributed by atoms with E-state index in [9.17, 15) is 9.59 Å². The summed E-state index contributed by atoms with van der Waals surface area (Å²) in [5.41, 5.74) is 16.3. The van der Waals surface area contributed by atoms with E-state index in [0.717, 1.165) is 116 Å². The molecule has 6 heterocycles. The van der Waals surface area contributed by atoms with E-state index in [1.54, 1.807) is 14.2 Å². The largest absolute Gasteiger partial charge is 0.494 e. The Labute approximate surface area is 493 Å². The smallest absolute Gasteiger partial charge is 0.247 e. The summed E-state index contributed by atoms with van der Waals surface area (Å²) in [6.07, 6.45) is 15.1. The van der Waals surface area contributed by atoms with E-state index in [1.807, 2.05) is 85.9 Å². The van der Waals surface area contributed by atoms with Crippen LogP contribution < -0.4 is 40.5 Å². The minimum Gasteiger partial charge on any atom is -0.494 e. The molecule has 0 bridgehead atoms. The first-order chi connectivity index (χ1) is 40.4. The number of anilines is 8. The van der Waals surface area contributed by atoms with Crippen LogP contribution in [-0.2, 0) is 35.5 Å². The van der Waals surface area contributed by atoms with Gasteiger partial charge in [0.1, 0.15) is 11.5 Å². The fraction of sp³-hybridized carbons (Fsp3) is 0.333. The van der Waals surface area contributed by atoms with Crippen molar-refractivity contribution in [3.8, 4) is 34.0 Å². The lowest BCUT2D eigenvalue weighted by Crippen LogP contribution is -2.29. The van der Waals surface area contributed by atoms with E-state index in [2.05, 4.69) is 137 Å². The molecular formula is C66H80N14O4. The molecule has 0 aliphatic carbocycles. The fourth-order valence-corrected chi connectivity index (χ4v) is 11.0. The van der Waals surface area contributed by atoms with Gasteiger partial charge in [-0.05, 0) is 113 Å². The number of amides is 2. The summed E-state index contributed by atoms with van der Waals surface area (Å²) >= 11 is 0. The normalized spacial score (nSPS) is 12.5. The molecule has 18 heteroatoms. The molecule has 18 nitrogen and oxygen atoms in total. The highest BCUT2D eigenvalue weighted by Gasteiger charge is 2.25. The Morgan fingerprint density at radius 1 is 0.643 bits per heavy atom. The van der Waals surface area contributed by atoms with Crippen molar-refractivity contribution >= 4 is 85.2 Å². The monoisotopic (exact) mass is 1130 g/mol. The maximum atomic E-state index is 12.4. The van der Waals surface area contributed by atoms with Crippen LogP contribution in [0, 0.1) is 0 Å². The van der Waals surface area contributed by atoms with Crippen LogP contribution in [0.5, 0.6) is 11.5 Å². The van der Waals surface area contributed by atoms with Crippen LogP contribution in [0.2, 0.25) is 0 Å². The predicted octanol–water partition coefficient (Wildman–Crippen LogP) is 12.0. The van der Waals surface area contributed by atoms with Crippen LogP contribution in [0.25, 0.3) is 49.9 Å². The van der Waals surface area contributed by atoms with Crippen molar-refractivity contribution in [2.45, 2.75) is 65.5 Å². The third-order valence-electron chi connectivity index (χ3n) is 15.5. The molecule has 4 aromatic carbocycles. The fourth-order valence-electron chi connectivity index (χ4n) is 11.0. The molecule has 438 valence electrons. The van der Waals surface area contributed by atoms with E-state index in [4.69, 9.17) is 24.4 Å². The van der Waals surface area contributed by atoms with Crippen molar-refractivity contribution in [3.05, 3.63) is 140 Å². The number of hydrogen-bond donors (Lipinski definition) is 4. The number of rotatable bonds is 22.